The Morgan fingerprint density at radius 1 is 1.14 bits per heavy atom. The van der Waals surface area contributed by atoms with Gasteiger partial charge in [-0.05, 0) is 30.5 Å². The summed E-state index contributed by atoms with van der Waals surface area (Å²) < 4.78 is 5.28. The highest BCUT2D eigenvalue weighted by Crippen LogP contribution is 2.29. The third-order valence-corrected chi connectivity index (χ3v) is 2.83. The molecular weight excluding hydrogens is 178 g/mol. The van der Waals surface area contributed by atoms with Crippen molar-refractivity contribution in [1.82, 2.24) is 0 Å². The fraction of sp³-hybridized carbons (Fsp3) is 0.455. The van der Waals surface area contributed by atoms with Crippen LogP contribution in [0.3, 0.4) is 0 Å². The maximum absolute atomic E-state index is 9.17. The quantitative estimate of drug-likeness (QED) is 0.708. The number of ether oxygens (including phenoxy) is 1. The predicted octanol–water partition coefficient (Wildman–Crippen LogP) is 1.36. The van der Waals surface area contributed by atoms with Gasteiger partial charge in [0, 0.05) is 18.8 Å². The monoisotopic (exact) mass is 193 g/mol. The molecule has 1 aromatic carbocycles. The van der Waals surface area contributed by atoms with Crippen LogP contribution < -0.4 is 5.73 Å². The van der Waals surface area contributed by atoms with Gasteiger partial charge < -0.3 is 15.6 Å². The fourth-order valence-corrected chi connectivity index (χ4v) is 1.82. The summed E-state index contributed by atoms with van der Waals surface area (Å²) >= 11 is 0. The highest BCUT2D eigenvalue weighted by molar-refractivity contribution is 5.31. The van der Waals surface area contributed by atoms with Crippen LogP contribution in [-0.2, 0) is 10.3 Å². The Morgan fingerprint density at radius 2 is 1.71 bits per heavy atom. The molecule has 3 heteroatoms. The first kappa shape index (κ1) is 9.49. The van der Waals surface area contributed by atoms with Gasteiger partial charge in [0.1, 0.15) is 5.75 Å². The number of nitrogens with two attached hydrogens (primary N) is 1. The van der Waals surface area contributed by atoms with Crippen molar-refractivity contribution in [3.8, 4) is 5.75 Å². The summed E-state index contributed by atoms with van der Waals surface area (Å²) in [4.78, 5) is 0. The first-order valence-electron chi connectivity index (χ1n) is 4.87. The standard InChI is InChI=1S/C11H15NO2/c12-11(5-7-14-8-6-11)9-1-3-10(13)4-2-9/h1-4,13H,5-8,12H2. The van der Waals surface area contributed by atoms with E-state index in [1.165, 1.54) is 0 Å². The van der Waals surface area contributed by atoms with Gasteiger partial charge >= 0.3 is 0 Å². The van der Waals surface area contributed by atoms with Crippen LogP contribution in [0.4, 0.5) is 0 Å². The molecule has 1 aromatic rings. The van der Waals surface area contributed by atoms with Crippen molar-refractivity contribution in [2.75, 3.05) is 13.2 Å². The minimum Gasteiger partial charge on any atom is -0.508 e. The van der Waals surface area contributed by atoms with Gasteiger partial charge in [-0.2, -0.15) is 0 Å². The number of hydrogen-bond acceptors (Lipinski definition) is 3. The summed E-state index contributed by atoms with van der Waals surface area (Å²) in [5.74, 6) is 0.282. The maximum atomic E-state index is 9.17. The zero-order chi connectivity index (χ0) is 10.0. The van der Waals surface area contributed by atoms with Crippen LogP contribution in [0.15, 0.2) is 24.3 Å². The van der Waals surface area contributed by atoms with Crippen molar-refractivity contribution >= 4 is 0 Å². The van der Waals surface area contributed by atoms with E-state index in [1.54, 1.807) is 12.1 Å². The van der Waals surface area contributed by atoms with Gasteiger partial charge in [-0.1, -0.05) is 12.1 Å². The molecule has 0 aromatic heterocycles. The Balaban J connectivity index is 2.23. The van der Waals surface area contributed by atoms with E-state index in [9.17, 15) is 5.11 Å². The van der Waals surface area contributed by atoms with Crippen LogP contribution in [0.5, 0.6) is 5.75 Å². The summed E-state index contributed by atoms with van der Waals surface area (Å²) in [6.07, 6.45) is 1.69. The lowest BCUT2D eigenvalue weighted by molar-refractivity contribution is 0.0522. The Labute approximate surface area is 83.5 Å². The van der Waals surface area contributed by atoms with E-state index in [0.717, 1.165) is 31.6 Å². The Morgan fingerprint density at radius 3 is 2.29 bits per heavy atom. The molecule has 0 amide bonds. The second-order valence-corrected chi connectivity index (χ2v) is 3.82. The molecule has 0 unspecified atom stereocenters. The van der Waals surface area contributed by atoms with Crippen LogP contribution in [0.2, 0.25) is 0 Å². The van der Waals surface area contributed by atoms with Crippen LogP contribution in [-0.4, -0.2) is 18.3 Å². The summed E-state index contributed by atoms with van der Waals surface area (Å²) in [5, 5.41) is 9.17. The molecule has 0 aliphatic carbocycles. The highest BCUT2D eigenvalue weighted by Gasteiger charge is 2.29. The van der Waals surface area contributed by atoms with E-state index in [4.69, 9.17) is 10.5 Å². The third kappa shape index (κ3) is 1.74. The number of rotatable bonds is 1. The zero-order valence-electron chi connectivity index (χ0n) is 8.07. The number of hydrogen-bond donors (Lipinski definition) is 2. The average Bonchev–Trinajstić information content (AvgIpc) is 2.19. The average molecular weight is 193 g/mol. The largest absolute Gasteiger partial charge is 0.508 e. The van der Waals surface area contributed by atoms with E-state index in [2.05, 4.69) is 0 Å². The SMILES string of the molecule is NC1(c2ccc(O)cc2)CCOCC1. The molecule has 0 radical (unpaired) electrons. The molecule has 0 spiro atoms. The van der Waals surface area contributed by atoms with Gasteiger partial charge in [-0.25, -0.2) is 0 Å². The van der Waals surface area contributed by atoms with Crippen molar-refractivity contribution < 1.29 is 9.84 Å². The smallest absolute Gasteiger partial charge is 0.115 e. The van der Waals surface area contributed by atoms with Crippen molar-refractivity contribution in [3.05, 3.63) is 29.8 Å². The molecule has 0 saturated carbocycles. The van der Waals surface area contributed by atoms with Gasteiger partial charge in [-0.15, -0.1) is 0 Å². The molecule has 1 saturated heterocycles. The summed E-state index contributed by atoms with van der Waals surface area (Å²) in [7, 11) is 0. The normalized spacial score (nSPS) is 20.6. The summed E-state index contributed by atoms with van der Waals surface area (Å²) in [6.45, 7) is 1.44. The molecule has 2 rings (SSSR count). The maximum Gasteiger partial charge on any atom is 0.115 e. The Hall–Kier alpha value is -1.06. The van der Waals surface area contributed by atoms with E-state index >= 15 is 0 Å². The molecule has 3 nitrogen and oxygen atoms in total. The summed E-state index contributed by atoms with van der Waals surface area (Å²) in [5.41, 5.74) is 7.08. The van der Waals surface area contributed by atoms with Crippen molar-refractivity contribution in [3.63, 3.8) is 0 Å². The molecule has 1 aliphatic heterocycles. The first-order chi connectivity index (χ1) is 6.71. The van der Waals surface area contributed by atoms with Crippen LogP contribution in [0.1, 0.15) is 18.4 Å². The lowest BCUT2D eigenvalue weighted by Crippen LogP contribution is -2.42. The lowest BCUT2D eigenvalue weighted by atomic mass is 9.84. The molecule has 3 N–H and O–H groups in total. The van der Waals surface area contributed by atoms with E-state index in [-0.39, 0.29) is 11.3 Å². The third-order valence-electron chi connectivity index (χ3n) is 2.83. The lowest BCUT2D eigenvalue weighted by Gasteiger charge is -2.33. The topological polar surface area (TPSA) is 55.5 Å². The molecule has 1 aliphatic rings. The van der Waals surface area contributed by atoms with E-state index in [1.807, 2.05) is 12.1 Å². The van der Waals surface area contributed by atoms with Crippen molar-refractivity contribution in [2.45, 2.75) is 18.4 Å². The number of phenols is 1. The van der Waals surface area contributed by atoms with Crippen LogP contribution >= 0.6 is 0 Å². The molecule has 76 valence electrons. The molecule has 0 atom stereocenters. The molecular formula is C11H15NO2. The number of aromatic hydroxyl groups is 1. The second-order valence-electron chi connectivity index (χ2n) is 3.82. The van der Waals surface area contributed by atoms with Crippen LogP contribution in [0.25, 0.3) is 0 Å². The molecule has 14 heavy (non-hydrogen) atoms. The predicted molar refractivity (Wildman–Crippen MR) is 54.0 cm³/mol. The number of phenolic OH excluding ortho intramolecular Hbond substituents is 1. The van der Waals surface area contributed by atoms with Gasteiger partial charge in [0.25, 0.3) is 0 Å². The van der Waals surface area contributed by atoms with Gasteiger partial charge in [0.15, 0.2) is 0 Å². The minimum absolute atomic E-state index is 0.272. The molecule has 1 heterocycles. The highest BCUT2D eigenvalue weighted by atomic mass is 16.5. The second kappa shape index (κ2) is 3.59. The number of benzene rings is 1. The van der Waals surface area contributed by atoms with E-state index < -0.39 is 0 Å². The van der Waals surface area contributed by atoms with Crippen LogP contribution in [0, 0.1) is 0 Å². The zero-order valence-corrected chi connectivity index (χ0v) is 8.07. The Bertz CT molecular complexity index is 302. The molecule has 0 bridgehead atoms. The Kier molecular flexibility index (Phi) is 2.44. The summed E-state index contributed by atoms with van der Waals surface area (Å²) in [6, 6.07) is 7.14. The van der Waals surface area contributed by atoms with Crippen molar-refractivity contribution in [2.24, 2.45) is 5.73 Å². The first-order valence-corrected chi connectivity index (χ1v) is 4.87. The van der Waals surface area contributed by atoms with E-state index in [0.29, 0.717) is 0 Å². The van der Waals surface area contributed by atoms with Gasteiger partial charge in [-0.3, -0.25) is 0 Å². The molecule has 1 fully saturated rings. The van der Waals surface area contributed by atoms with Gasteiger partial charge in [0.2, 0.25) is 0 Å². The van der Waals surface area contributed by atoms with Gasteiger partial charge in [0.05, 0.1) is 0 Å². The van der Waals surface area contributed by atoms with Crippen molar-refractivity contribution in [1.29, 1.82) is 0 Å². The minimum atomic E-state index is -0.272. The fourth-order valence-electron chi connectivity index (χ4n) is 1.82.